The van der Waals surface area contributed by atoms with Crippen molar-refractivity contribution in [3.05, 3.63) is 34.1 Å². The summed E-state index contributed by atoms with van der Waals surface area (Å²) in [6.45, 7) is -0.862. The van der Waals surface area contributed by atoms with E-state index in [4.69, 9.17) is 0 Å². The summed E-state index contributed by atoms with van der Waals surface area (Å²) in [6.07, 6.45) is -3.46. The van der Waals surface area contributed by atoms with E-state index in [0.29, 0.717) is 12.8 Å². The predicted octanol–water partition coefficient (Wildman–Crippen LogP) is 2.95. The number of hydrogen-bond acceptors (Lipinski definition) is 4. The molecule has 1 aromatic rings. The van der Waals surface area contributed by atoms with Crippen LogP contribution in [0.2, 0.25) is 0 Å². The van der Waals surface area contributed by atoms with E-state index in [-0.39, 0.29) is 18.8 Å². The number of carbonyl (C=O) groups excluding carboxylic acids is 1. The lowest BCUT2D eigenvalue weighted by molar-refractivity contribution is -0.387. The van der Waals surface area contributed by atoms with E-state index in [1.54, 1.807) is 0 Å². The van der Waals surface area contributed by atoms with Crippen molar-refractivity contribution in [1.29, 1.82) is 0 Å². The number of benzene rings is 1. The third-order valence-corrected chi connectivity index (χ3v) is 3.69. The molecule has 1 aromatic carbocycles. The van der Waals surface area contributed by atoms with Gasteiger partial charge in [0.15, 0.2) is 0 Å². The maximum Gasteiger partial charge on any atom is 0.401 e. The average Bonchev–Trinajstić information content (AvgIpc) is 2.45. The molecule has 2 rings (SSSR count). The summed E-state index contributed by atoms with van der Waals surface area (Å²) in [5.74, 6) is -2.28. The van der Waals surface area contributed by atoms with E-state index in [9.17, 15) is 32.5 Å². The van der Waals surface area contributed by atoms with Crippen LogP contribution in [0.5, 0.6) is 0 Å². The molecule has 0 spiro atoms. The number of halogens is 4. The van der Waals surface area contributed by atoms with Gasteiger partial charge in [-0.3, -0.25) is 19.8 Å². The number of carbonyl (C=O) groups is 1. The minimum atomic E-state index is -4.33. The lowest BCUT2D eigenvalue weighted by atomic mass is 9.97. The Morgan fingerprint density at radius 1 is 1.42 bits per heavy atom. The van der Waals surface area contributed by atoms with Gasteiger partial charge in [-0.15, -0.1) is 0 Å². The second-order valence-corrected chi connectivity index (χ2v) is 5.60. The monoisotopic (exact) mass is 349 g/mol. The first-order chi connectivity index (χ1) is 11.2. The Labute approximate surface area is 134 Å². The van der Waals surface area contributed by atoms with Crippen LogP contribution in [0.15, 0.2) is 18.2 Å². The van der Waals surface area contributed by atoms with Gasteiger partial charge in [0.2, 0.25) is 11.7 Å². The van der Waals surface area contributed by atoms with Gasteiger partial charge >= 0.3 is 11.9 Å². The molecule has 132 valence electrons. The molecule has 1 fully saturated rings. The molecule has 0 saturated carbocycles. The van der Waals surface area contributed by atoms with Crippen molar-refractivity contribution in [2.45, 2.75) is 19.0 Å². The molecular weight excluding hydrogens is 334 g/mol. The molecule has 1 atom stereocenters. The number of likely N-dealkylation sites (tertiary alicyclic amines) is 1. The normalized spacial score (nSPS) is 19.1. The molecule has 10 heteroatoms. The fraction of sp³-hybridized carbons (Fsp3) is 0.500. The standard InChI is InChI=1S/C14H15F4N3O3/c15-11-6-10(3-4-12(11)21(23)24)19-13(22)9-2-1-5-20(7-9)8-14(16,17)18/h3-4,6,9H,1-2,5,7-8H2,(H,19,22). The summed E-state index contributed by atoms with van der Waals surface area (Å²) < 4.78 is 50.8. The number of alkyl halides is 3. The highest BCUT2D eigenvalue weighted by molar-refractivity contribution is 5.92. The molecule has 1 unspecified atom stereocenters. The number of nitro groups is 1. The van der Waals surface area contributed by atoms with Gasteiger partial charge in [0.05, 0.1) is 17.4 Å². The van der Waals surface area contributed by atoms with Gasteiger partial charge < -0.3 is 5.32 Å². The third-order valence-electron chi connectivity index (χ3n) is 3.69. The fourth-order valence-corrected chi connectivity index (χ4v) is 2.64. The maximum absolute atomic E-state index is 13.5. The Hall–Kier alpha value is -2.23. The van der Waals surface area contributed by atoms with Crippen LogP contribution in [0, 0.1) is 21.8 Å². The van der Waals surface area contributed by atoms with Gasteiger partial charge in [-0.2, -0.15) is 17.6 Å². The van der Waals surface area contributed by atoms with Gasteiger partial charge in [-0.05, 0) is 25.5 Å². The first kappa shape index (κ1) is 18.1. The van der Waals surface area contributed by atoms with E-state index in [1.165, 1.54) is 6.07 Å². The van der Waals surface area contributed by atoms with Crippen LogP contribution in [0.1, 0.15) is 12.8 Å². The topological polar surface area (TPSA) is 75.5 Å². The zero-order valence-electron chi connectivity index (χ0n) is 12.5. The van der Waals surface area contributed by atoms with Crippen LogP contribution in [0.25, 0.3) is 0 Å². The summed E-state index contributed by atoms with van der Waals surface area (Å²) in [6, 6.07) is 2.91. The van der Waals surface area contributed by atoms with Gasteiger partial charge in [0.1, 0.15) is 0 Å². The molecule has 1 aliphatic heterocycles. The zero-order valence-corrected chi connectivity index (χ0v) is 12.5. The van der Waals surface area contributed by atoms with E-state index in [2.05, 4.69) is 5.32 Å². The molecule has 1 saturated heterocycles. The molecule has 0 bridgehead atoms. The van der Waals surface area contributed by atoms with E-state index < -0.39 is 41.0 Å². The molecule has 1 amide bonds. The smallest absolute Gasteiger partial charge is 0.326 e. The van der Waals surface area contributed by atoms with E-state index >= 15 is 0 Å². The second-order valence-electron chi connectivity index (χ2n) is 5.60. The highest BCUT2D eigenvalue weighted by Gasteiger charge is 2.34. The molecule has 1 N–H and O–H groups in total. The summed E-state index contributed by atoms with van der Waals surface area (Å²) >= 11 is 0. The summed E-state index contributed by atoms with van der Waals surface area (Å²) in [5, 5.41) is 12.9. The zero-order chi connectivity index (χ0) is 17.9. The number of nitrogens with one attached hydrogen (secondary N) is 1. The molecular formula is C14H15F4N3O3. The molecule has 1 aliphatic rings. The SMILES string of the molecule is O=C(Nc1ccc([N+](=O)[O-])c(F)c1)C1CCCN(CC(F)(F)F)C1. The Morgan fingerprint density at radius 2 is 2.12 bits per heavy atom. The minimum absolute atomic E-state index is 0.0241. The van der Waals surface area contributed by atoms with Crippen molar-refractivity contribution in [2.24, 2.45) is 5.92 Å². The van der Waals surface area contributed by atoms with Crippen molar-refractivity contribution in [1.82, 2.24) is 4.90 Å². The summed E-state index contributed by atoms with van der Waals surface area (Å²) in [5.41, 5.74) is -0.696. The molecule has 1 heterocycles. The highest BCUT2D eigenvalue weighted by Crippen LogP contribution is 2.25. The van der Waals surface area contributed by atoms with Crippen LogP contribution in [-0.2, 0) is 4.79 Å². The van der Waals surface area contributed by atoms with Crippen LogP contribution in [-0.4, -0.2) is 41.5 Å². The van der Waals surface area contributed by atoms with Crippen LogP contribution in [0.3, 0.4) is 0 Å². The van der Waals surface area contributed by atoms with Crippen LogP contribution >= 0.6 is 0 Å². The number of anilines is 1. The van der Waals surface area contributed by atoms with Crippen molar-refractivity contribution in [3.63, 3.8) is 0 Å². The highest BCUT2D eigenvalue weighted by atomic mass is 19.4. The molecule has 24 heavy (non-hydrogen) atoms. The first-order valence-corrected chi connectivity index (χ1v) is 7.19. The maximum atomic E-state index is 13.5. The Kier molecular flexibility index (Phi) is 5.37. The van der Waals surface area contributed by atoms with Gasteiger partial charge in [-0.25, -0.2) is 0 Å². The lowest BCUT2D eigenvalue weighted by Gasteiger charge is -2.32. The van der Waals surface area contributed by atoms with Crippen LogP contribution < -0.4 is 5.32 Å². The first-order valence-electron chi connectivity index (χ1n) is 7.19. The number of amides is 1. The summed E-state index contributed by atoms with van der Waals surface area (Å²) in [4.78, 5) is 22.9. The minimum Gasteiger partial charge on any atom is -0.326 e. The fourth-order valence-electron chi connectivity index (χ4n) is 2.64. The number of rotatable bonds is 4. The second kappa shape index (κ2) is 7.12. The molecule has 6 nitrogen and oxygen atoms in total. The van der Waals surface area contributed by atoms with Gasteiger partial charge in [0, 0.05) is 24.4 Å². The summed E-state index contributed by atoms with van der Waals surface area (Å²) in [7, 11) is 0. The molecule has 0 aromatic heterocycles. The van der Waals surface area contributed by atoms with Crippen LogP contribution in [0.4, 0.5) is 28.9 Å². The molecule has 0 radical (unpaired) electrons. The Bertz CT molecular complexity index is 636. The van der Waals surface area contributed by atoms with Crippen molar-refractivity contribution < 1.29 is 27.3 Å². The predicted molar refractivity (Wildman–Crippen MR) is 76.9 cm³/mol. The van der Waals surface area contributed by atoms with E-state index in [1.807, 2.05) is 0 Å². The quantitative estimate of drug-likeness (QED) is 0.515. The number of piperidine rings is 1. The number of hydrogen-bond donors (Lipinski definition) is 1. The average molecular weight is 349 g/mol. The molecule has 0 aliphatic carbocycles. The lowest BCUT2D eigenvalue weighted by Crippen LogP contribution is -2.44. The Balaban J connectivity index is 1.99. The largest absolute Gasteiger partial charge is 0.401 e. The van der Waals surface area contributed by atoms with Gasteiger partial charge in [-0.1, -0.05) is 0 Å². The van der Waals surface area contributed by atoms with Crippen molar-refractivity contribution in [3.8, 4) is 0 Å². The van der Waals surface area contributed by atoms with Crippen molar-refractivity contribution >= 4 is 17.3 Å². The van der Waals surface area contributed by atoms with Crippen molar-refractivity contribution in [2.75, 3.05) is 25.0 Å². The number of nitro benzene ring substituents is 1. The Morgan fingerprint density at radius 3 is 2.71 bits per heavy atom. The van der Waals surface area contributed by atoms with Gasteiger partial charge in [0.25, 0.3) is 0 Å². The third kappa shape index (κ3) is 4.88. The number of nitrogens with zero attached hydrogens (tertiary/aromatic N) is 2. The van der Waals surface area contributed by atoms with E-state index in [0.717, 1.165) is 17.0 Å².